The molecule has 3 N–H and O–H groups in total. The largest absolute Gasteiger partial charge is 0.417 e. The van der Waals surface area contributed by atoms with Crippen molar-refractivity contribution < 1.29 is 27.1 Å². The molecule has 3 heterocycles. The molecule has 2 atom stereocenters. The first kappa shape index (κ1) is 21.6. The first-order valence-electron chi connectivity index (χ1n) is 9.39. The van der Waals surface area contributed by atoms with E-state index in [-0.39, 0.29) is 17.3 Å². The zero-order valence-electron chi connectivity index (χ0n) is 16.1. The number of anilines is 1. The minimum Gasteiger partial charge on any atom is -0.381 e. The summed E-state index contributed by atoms with van der Waals surface area (Å²) in [5.74, 6) is -0.660. The number of amidine groups is 1. The zero-order valence-corrected chi connectivity index (χ0v) is 16.9. The van der Waals surface area contributed by atoms with E-state index in [1.165, 1.54) is 30.0 Å². The molecule has 0 radical (unpaired) electrons. The van der Waals surface area contributed by atoms with Crippen LogP contribution in [0.15, 0.2) is 41.5 Å². The summed E-state index contributed by atoms with van der Waals surface area (Å²) in [5.41, 5.74) is 4.46. The van der Waals surface area contributed by atoms with Gasteiger partial charge in [-0.15, -0.1) is 0 Å². The summed E-state index contributed by atoms with van der Waals surface area (Å²) >= 11 is 1.38. The second-order valence-corrected chi connectivity index (χ2v) is 8.33. The van der Waals surface area contributed by atoms with Gasteiger partial charge in [0.2, 0.25) is 0 Å². The summed E-state index contributed by atoms with van der Waals surface area (Å²) in [4.78, 5) is 20.6. The normalized spacial score (nSPS) is 23.6. The lowest BCUT2D eigenvalue weighted by atomic mass is 9.75. The van der Waals surface area contributed by atoms with E-state index >= 15 is 0 Å². The topological polar surface area (TPSA) is 89.6 Å². The Balaban J connectivity index is 1.62. The number of aliphatic imine (C=N–C) groups is 1. The molecule has 2 aliphatic heterocycles. The number of halogens is 4. The molecule has 4 rings (SSSR count). The van der Waals surface area contributed by atoms with Gasteiger partial charge in [0, 0.05) is 42.1 Å². The number of ether oxygens (including phenoxy) is 1. The molecule has 31 heavy (non-hydrogen) atoms. The van der Waals surface area contributed by atoms with Gasteiger partial charge >= 0.3 is 6.18 Å². The number of hydrogen-bond acceptors (Lipinski definition) is 6. The second-order valence-electron chi connectivity index (χ2n) is 7.29. The number of nitrogens with two attached hydrogens (primary N) is 1. The molecule has 1 amide bonds. The lowest BCUT2D eigenvalue weighted by molar-refractivity contribution is -0.137. The maximum absolute atomic E-state index is 14.9. The van der Waals surface area contributed by atoms with Crippen molar-refractivity contribution in [1.29, 1.82) is 0 Å². The van der Waals surface area contributed by atoms with E-state index < -0.39 is 29.0 Å². The minimum absolute atomic E-state index is 0.0874. The Hall–Kier alpha value is -2.66. The molecule has 0 aliphatic carbocycles. The number of nitrogens with zero attached hydrogens (tertiary/aromatic N) is 2. The lowest BCUT2D eigenvalue weighted by Gasteiger charge is -2.44. The SMILES string of the molecule is NC1=N[C@]2(c3cc(NC(=O)c4ccc(C(F)(F)F)cn4)ccc3F)CCOC[C@H]2CS1. The standard InChI is InChI=1S/C20H18F4N4O2S/c21-15-3-2-13(27-17(29)16-4-1-11(8-26-16)20(22,23)24)7-14(15)19-5-6-30-9-12(19)10-31-18(25)28-19/h1-4,7-8,12H,5-6,9-10H2,(H2,25,28)(H,27,29)/t12-,19+/m0/s1. The van der Waals surface area contributed by atoms with Gasteiger partial charge in [-0.25, -0.2) is 4.39 Å². The molecule has 2 aromatic rings. The van der Waals surface area contributed by atoms with Crippen molar-refractivity contribution in [2.75, 3.05) is 24.3 Å². The van der Waals surface area contributed by atoms with E-state index in [1.807, 2.05) is 0 Å². The molecule has 11 heteroatoms. The number of fused-ring (bicyclic) bond motifs is 1. The molecule has 0 unspecified atom stereocenters. The van der Waals surface area contributed by atoms with Gasteiger partial charge in [-0.05, 0) is 30.3 Å². The highest BCUT2D eigenvalue weighted by Crippen LogP contribution is 2.46. The molecule has 0 bridgehead atoms. The van der Waals surface area contributed by atoms with Gasteiger partial charge in [-0.3, -0.25) is 14.8 Å². The fourth-order valence-corrected chi connectivity index (χ4v) is 4.76. The van der Waals surface area contributed by atoms with Crippen molar-refractivity contribution in [3.63, 3.8) is 0 Å². The smallest absolute Gasteiger partial charge is 0.381 e. The molecule has 1 aromatic carbocycles. The second kappa shape index (κ2) is 8.12. The molecule has 1 aromatic heterocycles. The highest BCUT2D eigenvalue weighted by atomic mass is 32.2. The number of nitrogens with one attached hydrogen (secondary N) is 1. The summed E-state index contributed by atoms with van der Waals surface area (Å²) in [6.07, 6.45) is -3.52. The van der Waals surface area contributed by atoms with Crippen LogP contribution in [0.3, 0.4) is 0 Å². The highest BCUT2D eigenvalue weighted by Gasteiger charge is 2.47. The van der Waals surface area contributed by atoms with Crippen molar-refractivity contribution in [2.45, 2.75) is 18.1 Å². The quantitative estimate of drug-likeness (QED) is 0.689. The third kappa shape index (κ3) is 4.24. The van der Waals surface area contributed by atoms with E-state index in [9.17, 15) is 22.4 Å². The van der Waals surface area contributed by atoms with Crippen LogP contribution >= 0.6 is 11.8 Å². The van der Waals surface area contributed by atoms with Gasteiger partial charge in [0.15, 0.2) is 5.17 Å². The maximum atomic E-state index is 14.9. The Morgan fingerprint density at radius 1 is 1.29 bits per heavy atom. The number of pyridine rings is 1. The number of aromatic nitrogens is 1. The summed E-state index contributed by atoms with van der Waals surface area (Å²) in [6, 6.07) is 5.85. The first-order chi connectivity index (χ1) is 14.7. The maximum Gasteiger partial charge on any atom is 0.417 e. The number of benzene rings is 1. The number of carbonyl (C=O) groups excluding carboxylic acids is 1. The van der Waals surface area contributed by atoms with Crippen LogP contribution in [0.5, 0.6) is 0 Å². The fourth-order valence-electron chi connectivity index (χ4n) is 3.78. The fraction of sp³-hybridized carbons (Fsp3) is 0.350. The molecule has 1 fully saturated rings. The Morgan fingerprint density at radius 2 is 2.10 bits per heavy atom. The van der Waals surface area contributed by atoms with Gasteiger partial charge in [0.25, 0.3) is 5.91 Å². The number of amides is 1. The number of hydrogen-bond donors (Lipinski definition) is 2. The van der Waals surface area contributed by atoms with Gasteiger partial charge in [0.1, 0.15) is 11.5 Å². The Kier molecular flexibility index (Phi) is 5.65. The highest BCUT2D eigenvalue weighted by molar-refractivity contribution is 8.13. The number of thioether (sulfide) groups is 1. The van der Waals surface area contributed by atoms with E-state index in [4.69, 9.17) is 10.5 Å². The third-order valence-electron chi connectivity index (χ3n) is 5.38. The molecular formula is C20H18F4N4O2S. The van der Waals surface area contributed by atoms with Gasteiger partial charge in [-0.2, -0.15) is 13.2 Å². The first-order valence-corrected chi connectivity index (χ1v) is 10.4. The lowest BCUT2D eigenvalue weighted by Crippen LogP contribution is -2.47. The Bertz CT molecular complexity index is 1030. The van der Waals surface area contributed by atoms with Crippen LogP contribution < -0.4 is 11.1 Å². The van der Waals surface area contributed by atoms with E-state index in [0.29, 0.717) is 42.3 Å². The molecule has 2 aliphatic rings. The van der Waals surface area contributed by atoms with Crippen molar-refractivity contribution >= 4 is 28.5 Å². The average Bonchev–Trinajstić information content (AvgIpc) is 2.74. The minimum atomic E-state index is -4.55. The number of alkyl halides is 3. The predicted molar refractivity (Wildman–Crippen MR) is 108 cm³/mol. The van der Waals surface area contributed by atoms with Crippen LogP contribution in [0.1, 0.15) is 28.0 Å². The van der Waals surface area contributed by atoms with Crippen LogP contribution in [-0.2, 0) is 16.5 Å². The molecule has 0 spiro atoms. The number of rotatable bonds is 3. The summed E-state index contributed by atoms with van der Waals surface area (Å²) in [6.45, 7) is 0.804. The van der Waals surface area contributed by atoms with Gasteiger partial charge in [-0.1, -0.05) is 11.8 Å². The van der Waals surface area contributed by atoms with Crippen molar-refractivity contribution in [2.24, 2.45) is 16.6 Å². The van der Waals surface area contributed by atoms with Crippen LogP contribution in [0.25, 0.3) is 0 Å². The van der Waals surface area contributed by atoms with Crippen molar-refractivity contribution in [3.8, 4) is 0 Å². The molecule has 1 saturated heterocycles. The third-order valence-corrected chi connectivity index (χ3v) is 6.33. The van der Waals surface area contributed by atoms with E-state index in [2.05, 4.69) is 15.3 Å². The number of carbonyl (C=O) groups is 1. The average molecular weight is 454 g/mol. The van der Waals surface area contributed by atoms with Crippen LogP contribution in [0, 0.1) is 11.7 Å². The van der Waals surface area contributed by atoms with Crippen molar-refractivity contribution in [3.05, 3.63) is 59.2 Å². The summed E-state index contributed by atoms with van der Waals surface area (Å²) < 4.78 is 58.5. The molecule has 164 valence electrons. The molecular weight excluding hydrogens is 436 g/mol. The predicted octanol–water partition coefficient (Wildman–Crippen LogP) is 3.79. The molecule has 6 nitrogen and oxygen atoms in total. The van der Waals surface area contributed by atoms with Gasteiger partial charge < -0.3 is 15.8 Å². The van der Waals surface area contributed by atoms with Crippen molar-refractivity contribution in [1.82, 2.24) is 4.98 Å². The van der Waals surface area contributed by atoms with Crippen LogP contribution in [0.2, 0.25) is 0 Å². The van der Waals surface area contributed by atoms with Crippen LogP contribution in [0.4, 0.5) is 23.2 Å². The Labute approximate surface area is 179 Å². The monoisotopic (exact) mass is 454 g/mol. The van der Waals surface area contributed by atoms with E-state index in [1.54, 1.807) is 0 Å². The van der Waals surface area contributed by atoms with E-state index in [0.717, 1.165) is 12.1 Å². The van der Waals surface area contributed by atoms with Gasteiger partial charge in [0.05, 0.1) is 17.7 Å². The Morgan fingerprint density at radius 3 is 2.81 bits per heavy atom. The zero-order chi connectivity index (χ0) is 22.2. The summed E-state index contributed by atoms with van der Waals surface area (Å²) in [5, 5.41) is 2.92. The van der Waals surface area contributed by atoms with Crippen LogP contribution in [-0.4, -0.2) is 35.0 Å². The summed E-state index contributed by atoms with van der Waals surface area (Å²) in [7, 11) is 0. The molecule has 0 saturated carbocycles.